The van der Waals surface area contributed by atoms with Crippen molar-refractivity contribution in [2.75, 3.05) is 12.4 Å². The van der Waals surface area contributed by atoms with Gasteiger partial charge in [-0.3, -0.25) is 9.59 Å². The second-order valence-corrected chi connectivity index (χ2v) is 9.31. The fourth-order valence-corrected chi connectivity index (χ4v) is 4.02. The summed E-state index contributed by atoms with van der Waals surface area (Å²) in [4.78, 5) is 32.0. The highest BCUT2D eigenvalue weighted by molar-refractivity contribution is 7.14. The van der Waals surface area contributed by atoms with Crippen LogP contribution in [-0.4, -0.2) is 35.4 Å². The van der Waals surface area contributed by atoms with Gasteiger partial charge in [-0.15, -0.1) is 22.9 Å². The average molecular weight is 458 g/mol. The molecule has 1 aromatic rings. The zero-order valence-electron chi connectivity index (χ0n) is 18.5. The normalized spacial score (nSPS) is 12.8. The first kappa shape index (κ1) is 26.6. The van der Waals surface area contributed by atoms with Gasteiger partial charge in [0.1, 0.15) is 18.2 Å². The van der Waals surface area contributed by atoms with E-state index in [0.717, 1.165) is 18.8 Å². The van der Waals surface area contributed by atoms with Crippen LogP contribution in [-0.2, 0) is 14.4 Å². The van der Waals surface area contributed by atoms with E-state index >= 15 is 0 Å². The van der Waals surface area contributed by atoms with Crippen LogP contribution < -0.4 is 5.32 Å². The number of anilines is 1. The standard InChI is InChI=1S/C22H36ClN3O3S/c1-17(2)13-11-9-7-5-4-6-8-10-12-14-18(23)21(28)25-22-24-20(16-30-22)19(15-27)26-29-3/h15-18H,4-14H2,1-3H3,(H,24,25,28). The van der Waals surface area contributed by atoms with Gasteiger partial charge in [-0.05, 0) is 12.3 Å². The largest absolute Gasteiger partial charge is 0.398 e. The molecule has 1 heterocycles. The van der Waals surface area contributed by atoms with E-state index in [-0.39, 0.29) is 11.6 Å². The van der Waals surface area contributed by atoms with E-state index in [2.05, 4.69) is 34.1 Å². The van der Waals surface area contributed by atoms with Gasteiger partial charge in [0.05, 0.1) is 0 Å². The number of aldehydes is 1. The molecule has 1 N–H and O–H groups in total. The van der Waals surface area contributed by atoms with E-state index in [4.69, 9.17) is 11.6 Å². The third-order valence-electron chi connectivity index (χ3n) is 4.82. The van der Waals surface area contributed by atoms with Crippen molar-refractivity contribution in [2.45, 2.75) is 89.9 Å². The summed E-state index contributed by atoms with van der Waals surface area (Å²) in [5, 5.41) is 7.73. The summed E-state index contributed by atoms with van der Waals surface area (Å²) in [6, 6.07) is 0. The van der Waals surface area contributed by atoms with Gasteiger partial charge in [0.2, 0.25) is 5.91 Å². The predicted octanol–water partition coefficient (Wildman–Crippen LogP) is 6.19. The van der Waals surface area contributed by atoms with E-state index in [1.54, 1.807) is 5.38 Å². The molecule has 1 amide bonds. The van der Waals surface area contributed by atoms with Gasteiger partial charge < -0.3 is 10.2 Å². The minimum absolute atomic E-state index is 0.0761. The second-order valence-electron chi connectivity index (χ2n) is 7.92. The Labute approximate surface area is 189 Å². The van der Waals surface area contributed by atoms with Crippen LogP contribution in [0.15, 0.2) is 10.5 Å². The summed E-state index contributed by atoms with van der Waals surface area (Å²) in [7, 11) is 1.35. The molecule has 30 heavy (non-hydrogen) atoms. The number of unbranched alkanes of at least 4 members (excludes halogenated alkanes) is 8. The molecule has 8 heteroatoms. The molecule has 0 saturated heterocycles. The van der Waals surface area contributed by atoms with Gasteiger partial charge in [0.25, 0.3) is 0 Å². The monoisotopic (exact) mass is 457 g/mol. The Kier molecular flexibility index (Phi) is 14.4. The van der Waals surface area contributed by atoms with Crippen molar-refractivity contribution < 1.29 is 14.4 Å². The topological polar surface area (TPSA) is 80.6 Å². The van der Waals surface area contributed by atoms with Crippen LogP contribution in [0.5, 0.6) is 0 Å². The lowest BCUT2D eigenvalue weighted by atomic mass is 10.0. The zero-order valence-corrected chi connectivity index (χ0v) is 20.1. The second kappa shape index (κ2) is 16.3. The van der Waals surface area contributed by atoms with Gasteiger partial charge in [0, 0.05) is 5.38 Å². The number of hydrogen-bond acceptors (Lipinski definition) is 6. The lowest BCUT2D eigenvalue weighted by Gasteiger charge is -2.08. The molecule has 170 valence electrons. The number of aromatic nitrogens is 1. The Hall–Kier alpha value is -1.47. The van der Waals surface area contributed by atoms with E-state index in [9.17, 15) is 9.59 Å². The minimum Gasteiger partial charge on any atom is -0.398 e. The first-order chi connectivity index (χ1) is 14.5. The molecular formula is C22H36ClN3O3S. The number of carbonyl (C=O) groups excluding carboxylic acids is 2. The molecule has 1 unspecified atom stereocenters. The van der Waals surface area contributed by atoms with Gasteiger partial charge in [-0.25, -0.2) is 4.98 Å². The summed E-state index contributed by atoms with van der Waals surface area (Å²) in [6.45, 7) is 4.57. The maximum Gasteiger partial charge on any atom is 0.244 e. The zero-order chi connectivity index (χ0) is 22.2. The number of nitrogens with one attached hydrogen (secondary N) is 1. The lowest BCUT2D eigenvalue weighted by molar-refractivity contribution is -0.116. The quantitative estimate of drug-likeness (QED) is 0.0994. The average Bonchev–Trinajstić information content (AvgIpc) is 3.17. The fourth-order valence-electron chi connectivity index (χ4n) is 3.10. The van der Waals surface area contributed by atoms with Gasteiger partial charge in [-0.2, -0.15) is 0 Å². The fraction of sp³-hybridized carbons (Fsp3) is 0.727. The summed E-state index contributed by atoms with van der Waals surface area (Å²) < 4.78 is 0. The van der Waals surface area contributed by atoms with Crippen LogP contribution in [0, 0.1) is 5.92 Å². The molecule has 0 aliphatic rings. The van der Waals surface area contributed by atoms with Crippen LogP contribution in [0.1, 0.15) is 90.2 Å². The van der Waals surface area contributed by atoms with E-state index in [0.29, 0.717) is 23.5 Å². The Balaban J connectivity index is 2.13. The first-order valence-electron chi connectivity index (χ1n) is 10.9. The number of carbonyl (C=O) groups is 2. The number of thiazole rings is 1. The van der Waals surface area contributed by atoms with E-state index in [1.807, 2.05) is 0 Å². The highest BCUT2D eigenvalue weighted by atomic mass is 35.5. The number of oxime groups is 1. The number of nitrogens with zero attached hydrogens (tertiary/aromatic N) is 2. The summed E-state index contributed by atoms with van der Waals surface area (Å²) >= 11 is 7.44. The first-order valence-corrected chi connectivity index (χ1v) is 12.3. The van der Waals surface area contributed by atoms with Gasteiger partial charge in [-0.1, -0.05) is 83.2 Å². The summed E-state index contributed by atoms with van der Waals surface area (Å²) in [5.74, 6) is 0.554. The molecule has 0 radical (unpaired) electrons. The van der Waals surface area contributed by atoms with Crippen molar-refractivity contribution in [3.8, 4) is 0 Å². The Bertz CT molecular complexity index is 649. The maximum absolute atomic E-state index is 12.2. The molecule has 0 spiro atoms. The number of halogens is 1. The highest BCUT2D eigenvalue weighted by Crippen LogP contribution is 2.19. The van der Waals surface area contributed by atoms with E-state index in [1.165, 1.54) is 69.8 Å². The molecule has 1 rings (SSSR count). The van der Waals surface area contributed by atoms with Crippen molar-refractivity contribution in [1.82, 2.24) is 4.98 Å². The van der Waals surface area contributed by atoms with Gasteiger partial charge >= 0.3 is 0 Å². The van der Waals surface area contributed by atoms with Crippen LogP contribution in [0.4, 0.5) is 5.13 Å². The van der Waals surface area contributed by atoms with Crippen molar-refractivity contribution in [1.29, 1.82) is 0 Å². The molecule has 0 saturated carbocycles. The Morgan fingerprint density at radius 1 is 1.13 bits per heavy atom. The van der Waals surface area contributed by atoms with Crippen molar-refractivity contribution in [2.24, 2.45) is 11.1 Å². The summed E-state index contributed by atoms with van der Waals surface area (Å²) in [5.41, 5.74) is 0.436. The smallest absolute Gasteiger partial charge is 0.244 e. The maximum atomic E-state index is 12.2. The number of hydrogen-bond donors (Lipinski definition) is 1. The number of amides is 1. The van der Waals surface area contributed by atoms with Crippen molar-refractivity contribution in [3.05, 3.63) is 11.1 Å². The summed E-state index contributed by atoms with van der Waals surface area (Å²) in [6.07, 6.45) is 13.7. The molecule has 1 aromatic heterocycles. The SMILES string of the molecule is CON=C(C=O)c1csc(NC(=O)C(Cl)CCCCCCCCCCCC(C)C)n1. The minimum atomic E-state index is -0.587. The van der Waals surface area contributed by atoms with Crippen LogP contribution in [0.3, 0.4) is 0 Å². The molecule has 0 fully saturated rings. The molecule has 0 bridgehead atoms. The van der Waals surface area contributed by atoms with Crippen molar-refractivity contribution in [3.63, 3.8) is 0 Å². The third-order valence-corrected chi connectivity index (χ3v) is 6.00. The number of alkyl halides is 1. The molecule has 0 aliphatic carbocycles. The highest BCUT2D eigenvalue weighted by Gasteiger charge is 2.17. The molecule has 0 aliphatic heterocycles. The van der Waals surface area contributed by atoms with E-state index < -0.39 is 5.38 Å². The van der Waals surface area contributed by atoms with Crippen LogP contribution in [0.2, 0.25) is 0 Å². The van der Waals surface area contributed by atoms with Gasteiger partial charge in [0.15, 0.2) is 17.1 Å². The Morgan fingerprint density at radius 2 is 1.70 bits per heavy atom. The molecule has 0 aromatic carbocycles. The molecule has 1 atom stereocenters. The molecule has 6 nitrogen and oxygen atoms in total. The predicted molar refractivity (Wildman–Crippen MR) is 126 cm³/mol. The van der Waals surface area contributed by atoms with Crippen LogP contribution >= 0.6 is 22.9 Å². The number of rotatable bonds is 17. The van der Waals surface area contributed by atoms with Crippen molar-refractivity contribution >= 4 is 46.0 Å². The van der Waals surface area contributed by atoms with Crippen LogP contribution in [0.25, 0.3) is 0 Å². The lowest BCUT2D eigenvalue weighted by Crippen LogP contribution is -2.23. The third kappa shape index (κ3) is 11.6. The Morgan fingerprint density at radius 3 is 2.23 bits per heavy atom. The molecular weight excluding hydrogens is 422 g/mol.